The number of nitrogens with zero attached hydrogens (tertiary/aromatic N) is 2. The molecule has 0 saturated carbocycles. The van der Waals surface area contributed by atoms with E-state index in [-0.39, 0.29) is 17.3 Å². The highest BCUT2D eigenvalue weighted by Gasteiger charge is 2.20. The normalized spacial score (nSPS) is 11.6. The molecule has 0 aliphatic carbocycles. The summed E-state index contributed by atoms with van der Waals surface area (Å²) in [6.07, 6.45) is 0. The summed E-state index contributed by atoms with van der Waals surface area (Å²) < 4.78 is 31.1. The van der Waals surface area contributed by atoms with Crippen molar-refractivity contribution in [2.45, 2.75) is 18.4 Å². The Morgan fingerprint density at radius 2 is 1.79 bits per heavy atom. The minimum Gasteiger partial charge on any atom is -0.495 e. The standard InChI is InChI=1S/C20H27N3O4S/c1-5-23(14-16-9-7-6-8-10-16)15-20(24)21-18-13-17(11-12-19(18)27-4)28(25,26)22(2)3/h6-13H,5,14-15H2,1-4H3,(H,21,24). The molecule has 2 aromatic rings. The predicted molar refractivity (Wildman–Crippen MR) is 110 cm³/mol. The van der Waals surface area contributed by atoms with Gasteiger partial charge in [-0.3, -0.25) is 9.69 Å². The molecule has 0 fully saturated rings. The zero-order chi connectivity index (χ0) is 20.7. The quantitative estimate of drug-likeness (QED) is 0.693. The molecule has 8 heteroatoms. The fourth-order valence-corrected chi connectivity index (χ4v) is 3.60. The van der Waals surface area contributed by atoms with E-state index in [1.165, 1.54) is 39.4 Å². The Labute approximate surface area is 167 Å². The Bertz CT molecular complexity index is 899. The molecular formula is C20H27N3O4S. The summed E-state index contributed by atoms with van der Waals surface area (Å²) >= 11 is 0. The number of hydrogen-bond donors (Lipinski definition) is 1. The summed E-state index contributed by atoms with van der Waals surface area (Å²) in [5.74, 6) is 0.160. The molecule has 0 aliphatic rings. The number of hydrogen-bond acceptors (Lipinski definition) is 5. The molecule has 0 saturated heterocycles. The zero-order valence-corrected chi connectivity index (χ0v) is 17.5. The van der Waals surface area contributed by atoms with Gasteiger partial charge < -0.3 is 10.1 Å². The summed E-state index contributed by atoms with van der Waals surface area (Å²) in [6.45, 7) is 3.52. The fraction of sp³-hybridized carbons (Fsp3) is 0.350. The van der Waals surface area contributed by atoms with Crippen molar-refractivity contribution in [1.29, 1.82) is 0 Å². The second-order valence-corrected chi connectivity index (χ2v) is 8.64. The van der Waals surface area contributed by atoms with Gasteiger partial charge in [-0.25, -0.2) is 12.7 Å². The molecule has 1 N–H and O–H groups in total. The summed E-state index contributed by atoms with van der Waals surface area (Å²) in [5, 5.41) is 2.77. The number of carbonyl (C=O) groups excluding carboxylic acids is 1. The molecule has 0 atom stereocenters. The van der Waals surface area contributed by atoms with E-state index in [0.29, 0.717) is 24.5 Å². The van der Waals surface area contributed by atoms with Gasteiger partial charge in [0, 0.05) is 20.6 Å². The third-order valence-electron chi connectivity index (χ3n) is 4.29. The lowest BCUT2D eigenvalue weighted by Gasteiger charge is -2.20. The molecule has 0 heterocycles. The third-order valence-corrected chi connectivity index (χ3v) is 6.10. The minimum absolute atomic E-state index is 0.0882. The van der Waals surface area contributed by atoms with E-state index in [4.69, 9.17) is 4.74 Å². The van der Waals surface area contributed by atoms with E-state index >= 15 is 0 Å². The number of carbonyl (C=O) groups is 1. The Balaban J connectivity index is 2.15. The lowest BCUT2D eigenvalue weighted by atomic mass is 10.2. The maximum Gasteiger partial charge on any atom is 0.242 e. The van der Waals surface area contributed by atoms with Crippen LogP contribution in [0.25, 0.3) is 0 Å². The smallest absolute Gasteiger partial charge is 0.242 e. The van der Waals surface area contributed by atoms with Crippen LogP contribution in [0, 0.1) is 0 Å². The molecule has 28 heavy (non-hydrogen) atoms. The van der Waals surface area contributed by atoms with E-state index in [2.05, 4.69) is 5.32 Å². The number of methoxy groups -OCH3 is 1. The zero-order valence-electron chi connectivity index (χ0n) is 16.7. The first-order valence-electron chi connectivity index (χ1n) is 8.94. The summed E-state index contributed by atoms with van der Waals surface area (Å²) in [7, 11) is 0.776. The molecule has 2 aromatic carbocycles. The lowest BCUT2D eigenvalue weighted by Crippen LogP contribution is -2.33. The molecular weight excluding hydrogens is 378 g/mol. The highest BCUT2D eigenvalue weighted by Crippen LogP contribution is 2.28. The van der Waals surface area contributed by atoms with Crippen molar-refractivity contribution in [2.75, 3.05) is 39.6 Å². The largest absolute Gasteiger partial charge is 0.495 e. The van der Waals surface area contributed by atoms with Crippen LogP contribution >= 0.6 is 0 Å². The predicted octanol–water partition coefficient (Wildman–Crippen LogP) is 2.41. The molecule has 0 spiro atoms. The number of nitrogens with one attached hydrogen (secondary N) is 1. The molecule has 0 unspecified atom stereocenters. The van der Waals surface area contributed by atoms with Gasteiger partial charge in [-0.15, -0.1) is 0 Å². The fourth-order valence-electron chi connectivity index (χ4n) is 2.67. The average molecular weight is 406 g/mol. The average Bonchev–Trinajstić information content (AvgIpc) is 2.68. The first kappa shape index (κ1) is 21.9. The van der Waals surface area contributed by atoms with Crippen molar-refractivity contribution < 1.29 is 17.9 Å². The van der Waals surface area contributed by atoms with Crippen molar-refractivity contribution in [2.24, 2.45) is 0 Å². The van der Waals surface area contributed by atoms with E-state index in [9.17, 15) is 13.2 Å². The molecule has 1 amide bonds. The van der Waals surface area contributed by atoms with Crippen molar-refractivity contribution in [3.63, 3.8) is 0 Å². The highest BCUT2D eigenvalue weighted by atomic mass is 32.2. The Kier molecular flexibility index (Phi) is 7.56. The third kappa shape index (κ3) is 5.54. The van der Waals surface area contributed by atoms with Gasteiger partial charge in [-0.2, -0.15) is 0 Å². The number of benzene rings is 2. The number of likely N-dealkylation sites (N-methyl/N-ethyl adjacent to an activating group) is 1. The minimum atomic E-state index is -3.61. The monoisotopic (exact) mass is 405 g/mol. The highest BCUT2D eigenvalue weighted by molar-refractivity contribution is 7.89. The second kappa shape index (κ2) is 9.68. The van der Waals surface area contributed by atoms with Gasteiger partial charge in [0.15, 0.2) is 0 Å². The Hall–Kier alpha value is -2.42. The topological polar surface area (TPSA) is 79.0 Å². The van der Waals surface area contributed by atoms with Crippen LogP contribution in [0.3, 0.4) is 0 Å². The molecule has 152 valence electrons. The second-order valence-electron chi connectivity index (χ2n) is 6.49. The van der Waals surface area contributed by atoms with E-state index < -0.39 is 10.0 Å². The van der Waals surface area contributed by atoms with E-state index in [1.807, 2.05) is 42.2 Å². The number of anilines is 1. The van der Waals surface area contributed by atoms with Crippen LogP contribution in [0.15, 0.2) is 53.4 Å². The SMILES string of the molecule is CCN(CC(=O)Nc1cc(S(=O)(=O)N(C)C)ccc1OC)Cc1ccccc1. The molecule has 0 aliphatic heterocycles. The Morgan fingerprint density at radius 1 is 1.11 bits per heavy atom. The number of rotatable bonds is 9. The maximum atomic E-state index is 12.6. The van der Waals surface area contributed by atoms with E-state index in [1.54, 1.807) is 0 Å². The number of sulfonamides is 1. The van der Waals surface area contributed by atoms with Gasteiger partial charge in [0.2, 0.25) is 15.9 Å². The number of ether oxygens (including phenoxy) is 1. The molecule has 0 bridgehead atoms. The van der Waals surface area contributed by atoms with Crippen LogP contribution in [0.4, 0.5) is 5.69 Å². The van der Waals surface area contributed by atoms with Crippen LogP contribution in [0.2, 0.25) is 0 Å². The number of amides is 1. The molecule has 7 nitrogen and oxygen atoms in total. The van der Waals surface area contributed by atoms with Gasteiger partial charge in [0.05, 0.1) is 24.2 Å². The first-order valence-corrected chi connectivity index (χ1v) is 10.4. The maximum absolute atomic E-state index is 12.6. The summed E-state index contributed by atoms with van der Waals surface area (Å²) in [5.41, 5.74) is 1.44. The van der Waals surface area contributed by atoms with Gasteiger partial charge in [0.25, 0.3) is 0 Å². The molecule has 0 radical (unpaired) electrons. The van der Waals surface area contributed by atoms with Gasteiger partial charge in [-0.1, -0.05) is 37.3 Å². The van der Waals surface area contributed by atoms with Crippen LogP contribution in [0.5, 0.6) is 5.75 Å². The van der Waals surface area contributed by atoms with Crippen molar-refractivity contribution in [3.8, 4) is 5.75 Å². The summed E-state index contributed by atoms with van der Waals surface area (Å²) in [4.78, 5) is 14.7. The van der Waals surface area contributed by atoms with Crippen molar-refractivity contribution >= 4 is 21.6 Å². The van der Waals surface area contributed by atoms with Crippen LogP contribution < -0.4 is 10.1 Å². The van der Waals surface area contributed by atoms with Crippen molar-refractivity contribution in [1.82, 2.24) is 9.21 Å². The van der Waals surface area contributed by atoms with Crippen LogP contribution in [0.1, 0.15) is 12.5 Å². The summed E-state index contributed by atoms with van der Waals surface area (Å²) in [6, 6.07) is 14.3. The molecule has 2 rings (SSSR count). The van der Waals surface area contributed by atoms with Gasteiger partial charge in [-0.05, 0) is 30.3 Å². The van der Waals surface area contributed by atoms with Crippen molar-refractivity contribution in [3.05, 3.63) is 54.1 Å². The van der Waals surface area contributed by atoms with E-state index in [0.717, 1.165) is 9.87 Å². The van der Waals surface area contributed by atoms with Crippen LogP contribution in [-0.2, 0) is 21.4 Å². The molecule has 0 aromatic heterocycles. The first-order chi connectivity index (χ1) is 13.3. The van der Waals surface area contributed by atoms with Crippen LogP contribution in [-0.4, -0.2) is 57.8 Å². The van der Waals surface area contributed by atoms with Gasteiger partial charge in [0.1, 0.15) is 5.75 Å². The van der Waals surface area contributed by atoms with Gasteiger partial charge >= 0.3 is 0 Å². The lowest BCUT2D eigenvalue weighted by molar-refractivity contribution is -0.117. The Morgan fingerprint density at radius 3 is 2.36 bits per heavy atom.